The number of nitriles is 1. The van der Waals surface area contributed by atoms with Gasteiger partial charge in [-0.3, -0.25) is 0 Å². The zero-order valence-electron chi connectivity index (χ0n) is 8.05. The summed E-state index contributed by atoms with van der Waals surface area (Å²) in [6.45, 7) is 0. The van der Waals surface area contributed by atoms with Crippen molar-refractivity contribution < 1.29 is 0 Å². The van der Waals surface area contributed by atoms with Crippen LogP contribution in [0.15, 0.2) is 29.8 Å². The molecule has 0 N–H and O–H groups in total. The largest absolute Gasteiger partial charge is 0.241 e. The topological polar surface area (TPSA) is 49.6 Å². The normalized spacial score (nSPS) is 9.80. The average molecular weight is 215 g/mol. The first kappa shape index (κ1) is 9.81. The Hall–Kier alpha value is -1.73. The first-order valence-corrected chi connectivity index (χ1v) is 5.51. The number of thiophene rings is 1. The number of rotatable bonds is 3. The predicted molar refractivity (Wildman–Crippen MR) is 59.3 cm³/mol. The minimum atomic E-state index is 0.466. The van der Waals surface area contributed by atoms with Crippen molar-refractivity contribution in [2.75, 3.05) is 0 Å². The monoisotopic (exact) mass is 215 g/mol. The van der Waals surface area contributed by atoms with Crippen LogP contribution in [0.2, 0.25) is 0 Å². The van der Waals surface area contributed by atoms with Gasteiger partial charge in [0.2, 0.25) is 0 Å². The summed E-state index contributed by atoms with van der Waals surface area (Å²) in [5, 5.41) is 10.5. The van der Waals surface area contributed by atoms with Gasteiger partial charge in [0.05, 0.1) is 16.6 Å². The van der Waals surface area contributed by atoms with E-state index < -0.39 is 0 Å². The van der Waals surface area contributed by atoms with Gasteiger partial charge < -0.3 is 0 Å². The first-order chi connectivity index (χ1) is 7.40. The van der Waals surface area contributed by atoms with Crippen molar-refractivity contribution in [2.24, 2.45) is 0 Å². The second kappa shape index (κ2) is 4.67. The Morgan fingerprint density at radius 3 is 3.07 bits per heavy atom. The second-order valence-electron chi connectivity index (χ2n) is 2.99. The Labute approximate surface area is 92.1 Å². The van der Waals surface area contributed by atoms with Gasteiger partial charge in [0.1, 0.15) is 5.82 Å². The molecule has 15 heavy (non-hydrogen) atoms. The van der Waals surface area contributed by atoms with Crippen LogP contribution in [-0.4, -0.2) is 9.97 Å². The van der Waals surface area contributed by atoms with Crippen LogP contribution in [-0.2, 0) is 6.42 Å². The van der Waals surface area contributed by atoms with Gasteiger partial charge in [-0.25, -0.2) is 9.97 Å². The summed E-state index contributed by atoms with van der Waals surface area (Å²) in [7, 11) is 0. The van der Waals surface area contributed by atoms with E-state index in [4.69, 9.17) is 5.26 Å². The molecule has 0 aliphatic heterocycles. The van der Waals surface area contributed by atoms with Gasteiger partial charge in [-0.15, -0.1) is 11.3 Å². The quantitative estimate of drug-likeness (QED) is 0.790. The Kier molecular flexibility index (Phi) is 3.05. The summed E-state index contributed by atoms with van der Waals surface area (Å²) in [6.07, 6.45) is 2.83. The average Bonchev–Trinajstić information content (AvgIpc) is 2.80. The molecule has 0 aliphatic carbocycles. The molecule has 0 spiro atoms. The van der Waals surface area contributed by atoms with Gasteiger partial charge in [-0.2, -0.15) is 5.26 Å². The van der Waals surface area contributed by atoms with E-state index in [1.165, 1.54) is 0 Å². The third-order valence-electron chi connectivity index (χ3n) is 1.94. The van der Waals surface area contributed by atoms with Gasteiger partial charge in [0.25, 0.3) is 0 Å². The van der Waals surface area contributed by atoms with Crippen molar-refractivity contribution in [1.29, 1.82) is 5.26 Å². The molecule has 2 rings (SSSR count). The first-order valence-electron chi connectivity index (χ1n) is 4.63. The maximum atomic E-state index is 8.48. The van der Waals surface area contributed by atoms with E-state index in [2.05, 4.69) is 16.0 Å². The van der Waals surface area contributed by atoms with E-state index in [1.54, 1.807) is 17.5 Å². The zero-order valence-corrected chi connectivity index (χ0v) is 8.87. The van der Waals surface area contributed by atoms with Crippen molar-refractivity contribution in [1.82, 2.24) is 9.97 Å². The summed E-state index contributed by atoms with van der Waals surface area (Å²) >= 11 is 1.65. The summed E-state index contributed by atoms with van der Waals surface area (Å²) in [6, 6.07) is 8.01. The van der Waals surface area contributed by atoms with Crippen molar-refractivity contribution in [3.63, 3.8) is 0 Å². The van der Waals surface area contributed by atoms with Crippen LogP contribution in [0.25, 0.3) is 10.6 Å². The minimum absolute atomic E-state index is 0.466. The molecule has 0 amide bonds. The van der Waals surface area contributed by atoms with E-state index in [1.807, 2.05) is 23.6 Å². The van der Waals surface area contributed by atoms with Crippen molar-refractivity contribution in [3.05, 3.63) is 35.6 Å². The van der Waals surface area contributed by atoms with Gasteiger partial charge >= 0.3 is 0 Å². The molecule has 3 nitrogen and oxygen atoms in total. The van der Waals surface area contributed by atoms with Crippen LogP contribution in [0.1, 0.15) is 12.2 Å². The lowest BCUT2D eigenvalue weighted by Gasteiger charge is -1.99. The van der Waals surface area contributed by atoms with Gasteiger partial charge in [0.15, 0.2) is 0 Å². The Balaban J connectivity index is 2.24. The highest BCUT2D eigenvalue weighted by molar-refractivity contribution is 7.13. The Morgan fingerprint density at radius 2 is 2.33 bits per heavy atom. The summed E-state index contributed by atoms with van der Waals surface area (Å²) < 4.78 is 0. The molecule has 2 aromatic rings. The standard InChI is InChI=1S/C11H9N3S/c12-6-1-4-11-13-7-5-9(14-11)10-3-2-8-15-10/h2-3,5,7-8H,1,4H2. The zero-order chi connectivity index (χ0) is 10.5. The molecule has 0 aliphatic rings. The van der Waals surface area contributed by atoms with Crippen LogP contribution >= 0.6 is 11.3 Å². The van der Waals surface area contributed by atoms with Crippen LogP contribution in [0.3, 0.4) is 0 Å². The number of hydrogen-bond donors (Lipinski definition) is 0. The predicted octanol–water partition coefficient (Wildman–Crippen LogP) is 2.66. The maximum Gasteiger partial charge on any atom is 0.130 e. The third kappa shape index (κ3) is 2.39. The molecule has 0 saturated heterocycles. The van der Waals surface area contributed by atoms with Crippen LogP contribution in [0, 0.1) is 11.3 Å². The number of hydrogen-bond acceptors (Lipinski definition) is 4. The maximum absolute atomic E-state index is 8.48. The van der Waals surface area contributed by atoms with Crippen molar-refractivity contribution >= 4 is 11.3 Å². The SMILES string of the molecule is N#CCCc1nccc(-c2cccs2)n1. The van der Waals surface area contributed by atoms with Crippen LogP contribution < -0.4 is 0 Å². The molecule has 4 heteroatoms. The molecule has 2 heterocycles. The van der Waals surface area contributed by atoms with E-state index in [9.17, 15) is 0 Å². The molecule has 74 valence electrons. The summed E-state index contributed by atoms with van der Waals surface area (Å²) in [5.41, 5.74) is 0.938. The fraction of sp³-hybridized carbons (Fsp3) is 0.182. The van der Waals surface area contributed by atoms with Crippen molar-refractivity contribution in [2.45, 2.75) is 12.8 Å². The summed E-state index contributed by atoms with van der Waals surface area (Å²) in [5.74, 6) is 0.738. The fourth-order valence-electron chi connectivity index (χ4n) is 1.25. The van der Waals surface area contributed by atoms with Gasteiger partial charge in [0, 0.05) is 19.0 Å². The Bertz CT molecular complexity index is 471. The van der Waals surface area contributed by atoms with E-state index in [0.29, 0.717) is 12.8 Å². The lowest BCUT2D eigenvalue weighted by atomic mass is 10.3. The second-order valence-corrected chi connectivity index (χ2v) is 3.94. The van der Waals surface area contributed by atoms with Crippen LogP contribution in [0.5, 0.6) is 0 Å². The molecule has 0 saturated carbocycles. The molecule has 0 atom stereocenters. The highest BCUT2D eigenvalue weighted by atomic mass is 32.1. The van der Waals surface area contributed by atoms with E-state index in [-0.39, 0.29) is 0 Å². The molecule has 0 radical (unpaired) electrons. The Morgan fingerprint density at radius 1 is 1.40 bits per heavy atom. The summed E-state index contributed by atoms with van der Waals surface area (Å²) in [4.78, 5) is 9.66. The molecular weight excluding hydrogens is 206 g/mol. The van der Waals surface area contributed by atoms with Gasteiger partial charge in [-0.05, 0) is 17.5 Å². The fourth-order valence-corrected chi connectivity index (χ4v) is 1.94. The molecule has 0 bridgehead atoms. The molecule has 0 unspecified atom stereocenters. The number of nitrogens with zero attached hydrogens (tertiary/aromatic N) is 3. The highest BCUT2D eigenvalue weighted by Crippen LogP contribution is 2.21. The molecule has 0 aromatic carbocycles. The lowest BCUT2D eigenvalue weighted by Crippen LogP contribution is -1.94. The smallest absolute Gasteiger partial charge is 0.130 e. The molecule has 0 fully saturated rings. The molecular formula is C11H9N3S. The third-order valence-corrected chi connectivity index (χ3v) is 2.83. The number of aromatic nitrogens is 2. The van der Waals surface area contributed by atoms with E-state index >= 15 is 0 Å². The highest BCUT2D eigenvalue weighted by Gasteiger charge is 2.02. The molecule has 2 aromatic heterocycles. The van der Waals surface area contributed by atoms with E-state index in [0.717, 1.165) is 16.4 Å². The van der Waals surface area contributed by atoms with Crippen molar-refractivity contribution in [3.8, 4) is 16.6 Å². The van der Waals surface area contributed by atoms with Gasteiger partial charge in [-0.1, -0.05) is 6.07 Å². The minimum Gasteiger partial charge on any atom is -0.241 e. The number of aryl methyl sites for hydroxylation is 1. The van der Waals surface area contributed by atoms with Crippen LogP contribution in [0.4, 0.5) is 0 Å². The lowest BCUT2D eigenvalue weighted by molar-refractivity contribution is 0.888.